The highest BCUT2D eigenvalue weighted by atomic mass is 19.3. The molecular formula is C22H21F3N4O3. The fourth-order valence-electron chi connectivity index (χ4n) is 3.60. The summed E-state index contributed by atoms with van der Waals surface area (Å²) in [5, 5.41) is 3.89. The third-order valence-corrected chi connectivity index (χ3v) is 5.24. The van der Waals surface area contributed by atoms with Crippen LogP contribution in [0.2, 0.25) is 0 Å². The van der Waals surface area contributed by atoms with Gasteiger partial charge < -0.3 is 14.2 Å². The Hall–Kier alpha value is -3.40. The minimum Gasteiger partial charge on any atom is -0.434 e. The number of nitrogens with zero attached hydrogens (tertiary/aromatic N) is 4. The first-order valence-corrected chi connectivity index (χ1v) is 10.1. The minimum atomic E-state index is -2.96. The Labute approximate surface area is 182 Å². The van der Waals surface area contributed by atoms with Crippen molar-refractivity contribution in [2.24, 2.45) is 0 Å². The van der Waals surface area contributed by atoms with Gasteiger partial charge in [-0.25, -0.2) is 4.39 Å². The molecule has 168 valence electrons. The number of carbonyl (C=O) groups excluding carboxylic acids is 1. The molecule has 0 spiro atoms. The van der Waals surface area contributed by atoms with Crippen molar-refractivity contribution in [1.82, 2.24) is 15.0 Å². The number of benzene rings is 2. The van der Waals surface area contributed by atoms with Crippen molar-refractivity contribution in [2.45, 2.75) is 20.1 Å². The van der Waals surface area contributed by atoms with Crippen LogP contribution in [-0.4, -0.2) is 53.6 Å². The van der Waals surface area contributed by atoms with Gasteiger partial charge in [0.1, 0.15) is 11.6 Å². The maximum absolute atomic E-state index is 14.4. The number of halogens is 3. The molecule has 1 aromatic heterocycles. The van der Waals surface area contributed by atoms with E-state index in [9.17, 15) is 18.0 Å². The smallest absolute Gasteiger partial charge is 0.387 e. The molecule has 1 fully saturated rings. The molecule has 2 aromatic carbocycles. The first kappa shape index (κ1) is 21.8. The van der Waals surface area contributed by atoms with Gasteiger partial charge in [-0.05, 0) is 37.3 Å². The molecule has 1 aliphatic heterocycles. The van der Waals surface area contributed by atoms with Crippen LogP contribution < -0.4 is 9.64 Å². The Balaban J connectivity index is 1.38. The molecule has 0 radical (unpaired) electrons. The van der Waals surface area contributed by atoms with Crippen LogP contribution in [0.1, 0.15) is 23.2 Å². The second-order valence-electron chi connectivity index (χ2n) is 7.37. The molecule has 7 nitrogen and oxygen atoms in total. The summed E-state index contributed by atoms with van der Waals surface area (Å²) in [7, 11) is 0. The number of carbonyl (C=O) groups is 1. The number of aromatic nitrogens is 2. The van der Waals surface area contributed by atoms with E-state index in [-0.39, 0.29) is 17.4 Å². The van der Waals surface area contributed by atoms with Gasteiger partial charge in [0.05, 0.1) is 17.8 Å². The lowest BCUT2D eigenvalue weighted by Crippen LogP contribution is -2.46. The van der Waals surface area contributed by atoms with Crippen LogP contribution in [-0.2, 0) is 6.54 Å². The van der Waals surface area contributed by atoms with Crippen molar-refractivity contribution in [1.29, 1.82) is 0 Å². The number of Topliss-reactive ketones (excluding diaryl/α,β-unsaturated/α-hetero) is 1. The molecule has 0 atom stereocenters. The number of anilines is 1. The number of ketones is 1. The molecule has 0 unspecified atom stereocenters. The van der Waals surface area contributed by atoms with Crippen LogP contribution >= 0.6 is 0 Å². The summed E-state index contributed by atoms with van der Waals surface area (Å²) >= 11 is 0. The van der Waals surface area contributed by atoms with Crippen LogP contribution in [0.15, 0.2) is 47.0 Å². The Morgan fingerprint density at radius 3 is 2.59 bits per heavy atom. The van der Waals surface area contributed by atoms with Crippen LogP contribution in [0.3, 0.4) is 0 Å². The topological polar surface area (TPSA) is 71.7 Å². The Kier molecular flexibility index (Phi) is 6.40. The number of para-hydroxylation sites is 1. The fourth-order valence-corrected chi connectivity index (χ4v) is 3.60. The zero-order valence-corrected chi connectivity index (χ0v) is 17.3. The Bertz CT molecular complexity index is 1100. The number of rotatable bonds is 7. The van der Waals surface area contributed by atoms with Gasteiger partial charge in [0, 0.05) is 31.7 Å². The lowest BCUT2D eigenvalue weighted by Gasteiger charge is -2.35. The van der Waals surface area contributed by atoms with Gasteiger partial charge in [-0.3, -0.25) is 9.69 Å². The number of alkyl halides is 2. The number of piperazine rings is 1. The second-order valence-corrected chi connectivity index (χ2v) is 7.37. The number of hydrogen-bond donors (Lipinski definition) is 0. The van der Waals surface area contributed by atoms with E-state index < -0.39 is 12.4 Å². The fraction of sp³-hybridized carbons (Fsp3) is 0.318. The van der Waals surface area contributed by atoms with Gasteiger partial charge in [-0.1, -0.05) is 17.3 Å². The molecule has 1 aliphatic rings. The van der Waals surface area contributed by atoms with E-state index in [1.807, 2.05) is 4.90 Å². The Morgan fingerprint density at radius 2 is 1.91 bits per heavy atom. The van der Waals surface area contributed by atoms with Crippen molar-refractivity contribution in [3.8, 4) is 17.1 Å². The molecule has 3 aromatic rings. The van der Waals surface area contributed by atoms with E-state index in [4.69, 9.17) is 4.52 Å². The lowest BCUT2D eigenvalue weighted by atomic mass is 10.1. The third kappa shape index (κ3) is 4.91. The van der Waals surface area contributed by atoms with E-state index in [0.29, 0.717) is 55.4 Å². The van der Waals surface area contributed by atoms with Crippen LogP contribution in [0.25, 0.3) is 11.4 Å². The van der Waals surface area contributed by atoms with E-state index >= 15 is 0 Å². The van der Waals surface area contributed by atoms with E-state index in [1.165, 1.54) is 19.1 Å². The molecular weight excluding hydrogens is 425 g/mol. The number of hydrogen-bond acceptors (Lipinski definition) is 7. The van der Waals surface area contributed by atoms with Gasteiger partial charge in [0.2, 0.25) is 11.7 Å². The average molecular weight is 446 g/mol. The number of ether oxygens (including phenoxy) is 1. The summed E-state index contributed by atoms with van der Waals surface area (Å²) in [6.07, 6.45) is 0. The van der Waals surface area contributed by atoms with Crippen molar-refractivity contribution >= 4 is 11.5 Å². The van der Waals surface area contributed by atoms with Crippen molar-refractivity contribution in [3.63, 3.8) is 0 Å². The molecule has 32 heavy (non-hydrogen) atoms. The van der Waals surface area contributed by atoms with Crippen molar-refractivity contribution < 1.29 is 27.2 Å². The first-order valence-electron chi connectivity index (χ1n) is 10.1. The maximum Gasteiger partial charge on any atom is 0.387 e. The van der Waals surface area contributed by atoms with E-state index in [1.54, 1.807) is 30.3 Å². The highest BCUT2D eigenvalue weighted by Gasteiger charge is 2.22. The molecule has 0 saturated carbocycles. The first-order chi connectivity index (χ1) is 15.4. The summed E-state index contributed by atoms with van der Waals surface area (Å²) in [6.45, 7) is 1.27. The predicted molar refractivity (Wildman–Crippen MR) is 110 cm³/mol. The van der Waals surface area contributed by atoms with Gasteiger partial charge in [-0.2, -0.15) is 13.8 Å². The quantitative estimate of drug-likeness (QED) is 0.508. The second kappa shape index (κ2) is 9.39. The molecule has 2 heterocycles. The van der Waals surface area contributed by atoms with Crippen LogP contribution in [0.5, 0.6) is 5.75 Å². The largest absolute Gasteiger partial charge is 0.434 e. The van der Waals surface area contributed by atoms with E-state index in [2.05, 4.69) is 19.8 Å². The van der Waals surface area contributed by atoms with Crippen LogP contribution in [0.4, 0.5) is 18.9 Å². The summed E-state index contributed by atoms with van der Waals surface area (Å²) in [5.74, 6) is -0.110. The van der Waals surface area contributed by atoms with Gasteiger partial charge in [0.15, 0.2) is 5.78 Å². The molecule has 10 heteroatoms. The van der Waals surface area contributed by atoms with Crippen molar-refractivity contribution in [2.75, 3.05) is 31.1 Å². The standard InChI is InChI=1S/C22H21F3N4O3/c1-14(30)15-6-7-18(17(23)12-15)29-10-8-28(9-11-29)13-20-26-21(27-32-20)16-4-2-3-5-19(16)31-22(24)25/h2-7,12,22H,8-11,13H2,1H3. The van der Waals surface area contributed by atoms with Crippen molar-refractivity contribution in [3.05, 3.63) is 59.7 Å². The third-order valence-electron chi connectivity index (χ3n) is 5.24. The normalized spacial score (nSPS) is 14.7. The predicted octanol–water partition coefficient (Wildman–Crippen LogP) is 4.00. The van der Waals surface area contributed by atoms with Gasteiger partial charge in [0.25, 0.3) is 0 Å². The minimum absolute atomic E-state index is 0.0266. The SMILES string of the molecule is CC(=O)c1ccc(N2CCN(Cc3nc(-c4ccccc4OC(F)F)no3)CC2)c(F)c1. The zero-order chi connectivity index (χ0) is 22.7. The summed E-state index contributed by atoms with van der Waals surface area (Å²) in [6, 6.07) is 10.8. The average Bonchev–Trinajstić information content (AvgIpc) is 3.22. The molecule has 0 amide bonds. The van der Waals surface area contributed by atoms with Gasteiger partial charge >= 0.3 is 6.61 Å². The molecule has 0 bridgehead atoms. The van der Waals surface area contributed by atoms with E-state index in [0.717, 1.165) is 0 Å². The van der Waals surface area contributed by atoms with Gasteiger partial charge in [-0.15, -0.1) is 0 Å². The summed E-state index contributed by atoms with van der Waals surface area (Å²) in [4.78, 5) is 19.7. The van der Waals surface area contributed by atoms with Crippen LogP contribution in [0, 0.1) is 5.82 Å². The monoisotopic (exact) mass is 446 g/mol. The molecule has 0 aliphatic carbocycles. The Morgan fingerprint density at radius 1 is 1.16 bits per heavy atom. The summed E-state index contributed by atoms with van der Waals surface area (Å²) < 4.78 is 49.5. The molecule has 0 N–H and O–H groups in total. The highest BCUT2D eigenvalue weighted by molar-refractivity contribution is 5.94. The lowest BCUT2D eigenvalue weighted by molar-refractivity contribution is -0.0494. The molecule has 1 saturated heterocycles. The maximum atomic E-state index is 14.4. The zero-order valence-electron chi connectivity index (χ0n) is 17.3. The molecule has 4 rings (SSSR count). The summed E-state index contributed by atoms with van der Waals surface area (Å²) in [5.41, 5.74) is 1.13. The highest BCUT2D eigenvalue weighted by Crippen LogP contribution is 2.29.